The number of pyridine rings is 2. The Morgan fingerprint density at radius 2 is 2.12 bits per heavy atom. The SMILES string of the molecule is COC1CCCC1Nc1cc(NC(=O)N2c3nc(C=O)ccc3C3(CN4CCN(C)CC4=O)CC2C3)ncc1C#N. The zero-order valence-electron chi connectivity index (χ0n) is 23.3. The van der Waals surface area contributed by atoms with Gasteiger partial charge in [-0.2, -0.15) is 5.26 Å². The smallest absolute Gasteiger partial charge is 0.328 e. The predicted molar refractivity (Wildman–Crippen MR) is 151 cm³/mol. The number of piperazine rings is 1. The summed E-state index contributed by atoms with van der Waals surface area (Å²) in [6.45, 7) is 2.44. The molecule has 2 N–H and O–H groups in total. The highest BCUT2D eigenvalue weighted by Crippen LogP contribution is 2.55. The maximum Gasteiger partial charge on any atom is 0.328 e. The largest absolute Gasteiger partial charge is 0.379 e. The van der Waals surface area contributed by atoms with Crippen LogP contribution in [0.3, 0.4) is 0 Å². The quantitative estimate of drug-likeness (QED) is 0.490. The molecule has 7 rings (SSSR count). The number of urea groups is 1. The number of anilines is 3. The van der Waals surface area contributed by atoms with E-state index in [2.05, 4.69) is 26.7 Å². The minimum Gasteiger partial charge on any atom is -0.379 e. The number of methoxy groups -OCH3 is 1. The van der Waals surface area contributed by atoms with E-state index in [-0.39, 0.29) is 35.2 Å². The summed E-state index contributed by atoms with van der Waals surface area (Å²) in [6, 6.07) is 6.91. The molecule has 2 unspecified atom stereocenters. The Kier molecular flexibility index (Phi) is 7.09. The molecule has 2 bridgehead atoms. The van der Waals surface area contributed by atoms with Gasteiger partial charge in [-0.1, -0.05) is 6.07 Å². The van der Waals surface area contributed by atoms with Crippen molar-refractivity contribution < 1.29 is 19.1 Å². The molecule has 2 aromatic heterocycles. The maximum atomic E-state index is 13.7. The highest BCUT2D eigenvalue weighted by molar-refractivity contribution is 6.03. The van der Waals surface area contributed by atoms with Gasteiger partial charge in [0.1, 0.15) is 23.4 Å². The number of nitrogens with zero attached hydrogens (tertiary/aromatic N) is 6. The fraction of sp³-hybridized carbons (Fsp3) is 0.517. The Hall–Kier alpha value is -4.08. The molecule has 2 aromatic rings. The topological polar surface area (TPSA) is 144 Å². The Labute approximate surface area is 238 Å². The third kappa shape index (κ3) is 4.89. The van der Waals surface area contributed by atoms with Gasteiger partial charge in [-0.25, -0.2) is 14.8 Å². The first-order valence-corrected chi connectivity index (χ1v) is 14.1. The summed E-state index contributed by atoms with van der Waals surface area (Å²) < 4.78 is 5.59. The molecule has 3 aliphatic heterocycles. The van der Waals surface area contributed by atoms with E-state index in [0.29, 0.717) is 61.6 Å². The fourth-order valence-electron chi connectivity index (χ4n) is 6.85. The zero-order valence-corrected chi connectivity index (χ0v) is 23.3. The predicted octanol–water partition coefficient (Wildman–Crippen LogP) is 2.37. The van der Waals surface area contributed by atoms with Crippen molar-refractivity contribution in [1.29, 1.82) is 5.26 Å². The fourth-order valence-corrected chi connectivity index (χ4v) is 6.85. The first-order chi connectivity index (χ1) is 19.8. The van der Waals surface area contributed by atoms with Gasteiger partial charge in [-0.3, -0.25) is 24.7 Å². The van der Waals surface area contributed by atoms with Crippen LogP contribution in [0.1, 0.15) is 53.7 Å². The summed E-state index contributed by atoms with van der Waals surface area (Å²) in [5, 5.41) is 15.9. The normalized spacial score (nSPS) is 27.0. The lowest BCUT2D eigenvalue weighted by molar-refractivity contribution is -0.137. The van der Waals surface area contributed by atoms with E-state index in [1.807, 2.05) is 22.9 Å². The van der Waals surface area contributed by atoms with Gasteiger partial charge in [-0.05, 0) is 45.2 Å². The van der Waals surface area contributed by atoms with Gasteiger partial charge < -0.3 is 15.0 Å². The van der Waals surface area contributed by atoms with Gasteiger partial charge in [0, 0.05) is 56.0 Å². The number of hydrogen-bond acceptors (Lipinski definition) is 9. The number of nitrogens with one attached hydrogen (secondary N) is 2. The average molecular weight is 559 g/mol. The van der Waals surface area contributed by atoms with Crippen LogP contribution in [0.5, 0.6) is 0 Å². The summed E-state index contributed by atoms with van der Waals surface area (Å²) in [5.74, 6) is 0.842. The number of nitriles is 1. The number of hydrogen-bond donors (Lipinski definition) is 2. The number of amides is 3. The van der Waals surface area contributed by atoms with Crippen LogP contribution in [0.25, 0.3) is 0 Å². The van der Waals surface area contributed by atoms with E-state index in [1.165, 1.54) is 6.20 Å². The summed E-state index contributed by atoms with van der Waals surface area (Å²) in [4.78, 5) is 52.5. The number of ether oxygens (including phenoxy) is 1. The molecule has 12 heteroatoms. The van der Waals surface area contributed by atoms with Gasteiger partial charge in [0.15, 0.2) is 6.29 Å². The highest BCUT2D eigenvalue weighted by Gasteiger charge is 2.57. The zero-order chi connectivity index (χ0) is 28.7. The second kappa shape index (κ2) is 10.7. The molecule has 41 heavy (non-hydrogen) atoms. The first-order valence-electron chi connectivity index (χ1n) is 14.1. The van der Waals surface area contributed by atoms with Gasteiger partial charge in [-0.15, -0.1) is 0 Å². The Bertz CT molecular complexity index is 1420. The van der Waals surface area contributed by atoms with Crippen LogP contribution in [0, 0.1) is 11.3 Å². The van der Waals surface area contributed by atoms with Crippen LogP contribution >= 0.6 is 0 Å². The number of likely N-dealkylation sites (N-methyl/N-ethyl adjacent to an activating group) is 1. The molecule has 2 aliphatic carbocycles. The van der Waals surface area contributed by atoms with E-state index in [9.17, 15) is 19.6 Å². The average Bonchev–Trinajstić information content (AvgIpc) is 3.40. The summed E-state index contributed by atoms with van der Waals surface area (Å²) in [6.07, 6.45) is 6.46. The van der Waals surface area contributed by atoms with Crippen molar-refractivity contribution >= 4 is 35.5 Å². The van der Waals surface area contributed by atoms with Crippen LogP contribution in [0.4, 0.5) is 22.1 Å². The Morgan fingerprint density at radius 3 is 2.85 bits per heavy atom. The van der Waals surface area contributed by atoms with Crippen molar-refractivity contribution in [2.24, 2.45) is 0 Å². The lowest BCUT2D eigenvalue weighted by atomic mass is 9.58. The second-order valence-corrected chi connectivity index (χ2v) is 11.6. The number of aldehydes is 1. The maximum absolute atomic E-state index is 13.7. The van der Waals surface area contributed by atoms with Gasteiger partial charge in [0.05, 0.1) is 29.9 Å². The number of aromatic nitrogens is 2. The highest BCUT2D eigenvalue weighted by atomic mass is 16.5. The molecule has 2 saturated carbocycles. The third-order valence-corrected chi connectivity index (χ3v) is 9.01. The lowest BCUT2D eigenvalue weighted by Gasteiger charge is -2.58. The molecule has 214 valence electrons. The van der Waals surface area contributed by atoms with Gasteiger partial charge >= 0.3 is 6.03 Å². The van der Waals surface area contributed by atoms with Crippen molar-refractivity contribution in [3.05, 3.63) is 41.2 Å². The molecule has 2 atom stereocenters. The van der Waals surface area contributed by atoms with Gasteiger partial charge in [0.25, 0.3) is 0 Å². The molecule has 0 spiro atoms. The van der Waals surface area contributed by atoms with Crippen LogP contribution in [-0.2, 0) is 14.9 Å². The molecule has 5 heterocycles. The standard InChI is InChI=1S/C29H34N8O4/c1-35-8-9-36(26(39)15-35)17-29-11-20(12-29)37(27-21(29)7-6-19(16-38)32-27)28(40)34-25-10-23(18(13-30)14-31-25)33-22-4-3-5-24(22)41-2/h6-7,10,14,16,20,22,24H,3-5,8-9,11-12,15,17H2,1-2H3,(H2,31,33,34,40). The summed E-state index contributed by atoms with van der Waals surface area (Å²) in [5.41, 5.74) is 1.77. The Balaban J connectivity index is 1.25. The van der Waals surface area contributed by atoms with Crippen molar-refractivity contribution in [2.45, 2.75) is 55.7 Å². The van der Waals surface area contributed by atoms with Gasteiger partial charge in [0.2, 0.25) is 5.91 Å². The van der Waals surface area contributed by atoms with Crippen LogP contribution in [-0.4, -0.2) is 96.5 Å². The number of rotatable bonds is 7. The minimum absolute atomic E-state index is 0.0516. The van der Waals surface area contributed by atoms with E-state index in [1.54, 1.807) is 24.1 Å². The molecule has 1 saturated heterocycles. The first kappa shape index (κ1) is 27.1. The van der Waals surface area contributed by atoms with E-state index < -0.39 is 6.03 Å². The molecule has 0 aromatic carbocycles. The molecule has 3 fully saturated rings. The van der Waals surface area contributed by atoms with Crippen LogP contribution in [0.15, 0.2) is 24.4 Å². The van der Waals surface area contributed by atoms with Crippen molar-refractivity contribution in [2.75, 3.05) is 55.9 Å². The minimum atomic E-state index is -0.408. The number of carbonyl (C=O) groups excluding carboxylic acids is 3. The van der Waals surface area contributed by atoms with E-state index in [4.69, 9.17) is 4.74 Å². The molecular formula is C29H34N8O4. The van der Waals surface area contributed by atoms with E-state index in [0.717, 1.165) is 31.4 Å². The van der Waals surface area contributed by atoms with Crippen molar-refractivity contribution in [3.8, 4) is 6.07 Å². The number of carbonyl (C=O) groups is 3. The molecule has 0 radical (unpaired) electrons. The summed E-state index contributed by atoms with van der Waals surface area (Å²) in [7, 11) is 3.63. The monoisotopic (exact) mass is 558 g/mol. The molecular weight excluding hydrogens is 524 g/mol. The van der Waals surface area contributed by atoms with Crippen molar-refractivity contribution in [1.82, 2.24) is 19.8 Å². The lowest BCUT2D eigenvalue weighted by Crippen LogP contribution is -2.66. The summed E-state index contributed by atoms with van der Waals surface area (Å²) >= 11 is 0. The van der Waals surface area contributed by atoms with E-state index >= 15 is 0 Å². The molecule has 12 nitrogen and oxygen atoms in total. The van der Waals surface area contributed by atoms with Crippen LogP contribution in [0.2, 0.25) is 0 Å². The van der Waals surface area contributed by atoms with Crippen LogP contribution < -0.4 is 15.5 Å². The Morgan fingerprint density at radius 1 is 1.29 bits per heavy atom. The third-order valence-electron chi connectivity index (χ3n) is 9.01. The molecule has 5 aliphatic rings. The molecule has 3 amide bonds. The second-order valence-electron chi connectivity index (χ2n) is 11.6. The van der Waals surface area contributed by atoms with Crippen molar-refractivity contribution in [3.63, 3.8) is 0 Å².